The smallest absolute Gasteiger partial charge is 0.342 e. The van der Waals surface area contributed by atoms with Crippen LogP contribution < -0.4 is 4.74 Å². The summed E-state index contributed by atoms with van der Waals surface area (Å²) in [6.45, 7) is 4.78. The SMILES string of the molecule is CC(C)(C)OC(=O)[C@H](COc1ccc(-n2ccnc2)nc1)ON1C(=O)c2ccccc2C1=O. The molecule has 1 aliphatic heterocycles. The average molecular weight is 450 g/mol. The highest BCUT2D eigenvalue weighted by atomic mass is 16.7. The van der Waals surface area contributed by atoms with Gasteiger partial charge in [-0.15, -0.1) is 5.06 Å². The Kier molecular flexibility index (Phi) is 5.93. The normalized spacial score (nSPS) is 14.2. The zero-order chi connectivity index (χ0) is 23.6. The molecule has 3 aromatic rings. The van der Waals surface area contributed by atoms with Crippen LogP contribution in [-0.4, -0.2) is 55.7 Å². The van der Waals surface area contributed by atoms with Crippen molar-refractivity contribution in [3.63, 3.8) is 0 Å². The molecule has 0 aliphatic carbocycles. The minimum atomic E-state index is -1.38. The largest absolute Gasteiger partial charge is 0.489 e. The van der Waals surface area contributed by atoms with Crippen LogP contribution in [0, 0.1) is 0 Å². The number of imide groups is 1. The Morgan fingerprint density at radius 1 is 1.06 bits per heavy atom. The molecule has 0 N–H and O–H groups in total. The van der Waals surface area contributed by atoms with Crippen molar-refractivity contribution in [2.75, 3.05) is 6.61 Å². The fourth-order valence-corrected chi connectivity index (χ4v) is 3.08. The maximum absolute atomic E-state index is 12.8. The molecular formula is C23H22N4O6. The summed E-state index contributed by atoms with van der Waals surface area (Å²) in [5.74, 6) is -1.10. The van der Waals surface area contributed by atoms with E-state index < -0.39 is 29.5 Å². The van der Waals surface area contributed by atoms with E-state index in [1.807, 2.05) is 0 Å². The molecule has 1 aliphatic rings. The van der Waals surface area contributed by atoms with Gasteiger partial charge in [-0.25, -0.2) is 19.6 Å². The minimum absolute atomic E-state index is 0.200. The summed E-state index contributed by atoms with van der Waals surface area (Å²) in [6, 6.07) is 9.70. The van der Waals surface area contributed by atoms with E-state index in [9.17, 15) is 14.4 Å². The Bertz CT molecular complexity index is 1130. The predicted octanol–water partition coefficient (Wildman–Crippen LogP) is 2.58. The van der Waals surface area contributed by atoms with Crippen molar-refractivity contribution in [1.82, 2.24) is 19.6 Å². The van der Waals surface area contributed by atoms with Crippen molar-refractivity contribution < 1.29 is 28.7 Å². The molecule has 0 radical (unpaired) electrons. The van der Waals surface area contributed by atoms with Gasteiger partial charge in [0.1, 0.15) is 30.1 Å². The second-order valence-electron chi connectivity index (χ2n) is 8.21. The van der Waals surface area contributed by atoms with E-state index in [-0.39, 0.29) is 17.7 Å². The van der Waals surface area contributed by atoms with Crippen molar-refractivity contribution in [3.8, 4) is 11.6 Å². The van der Waals surface area contributed by atoms with Crippen molar-refractivity contribution in [2.24, 2.45) is 0 Å². The Morgan fingerprint density at radius 2 is 1.76 bits per heavy atom. The summed E-state index contributed by atoms with van der Waals surface area (Å²) in [4.78, 5) is 51.8. The van der Waals surface area contributed by atoms with E-state index in [0.717, 1.165) is 0 Å². The molecule has 2 amide bonds. The van der Waals surface area contributed by atoms with Gasteiger partial charge in [-0.2, -0.15) is 0 Å². The number of aromatic nitrogens is 3. The number of hydroxylamine groups is 2. The molecule has 3 heterocycles. The molecule has 0 bridgehead atoms. The van der Waals surface area contributed by atoms with Crippen LogP contribution in [0.1, 0.15) is 41.5 Å². The van der Waals surface area contributed by atoms with Crippen molar-refractivity contribution >= 4 is 17.8 Å². The number of imidazole rings is 1. The van der Waals surface area contributed by atoms with Crippen molar-refractivity contribution in [1.29, 1.82) is 0 Å². The fraction of sp³-hybridized carbons (Fsp3) is 0.261. The maximum atomic E-state index is 12.8. The lowest BCUT2D eigenvalue weighted by molar-refractivity contribution is -0.193. The molecule has 1 aromatic carbocycles. The summed E-state index contributed by atoms with van der Waals surface area (Å²) in [6.07, 6.45) is 5.09. The minimum Gasteiger partial charge on any atom is -0.489 e. The van der Waals surface area contributed by atoms with Crippen LogP contribution in [0.15, 0.2) is 61.3 Å². The lowest BCUT2D eigenvalue weighted by Crippen LogP contribution is -2.43. The second-order valence-corrected chi connectivity index (χ2v) is 8.21. The van der Waals surface area contributed by atoms with Gasteiger partial charge in [0.05, 0.1) is 17.3 Å². The van der Waals surface area contributed by atoms with Gasteiger partial charge in [-0.05, 0) is 45.0 Å². The van der Waals surface area contributed by atoms with Crippen molar-refractivity contribution in [3.05, 3.63) is 72.4 Å². The van der Waals surface area contributed by atoms with Crippen molar-refractivity contribution in [2.45, 2.75) is 32.5 Å². The highest BCUT2D eigenvalue weighted by Crippen LogP contribution is 2.24. The molecular weight excluding hydrogens is 428 g/mol. The number of benzene rings is 1. The summed E-state index contributed by atoms with van der Waals surface area (Å²) < 4.78 is 12.8. The van der Waals surface area contributed by atoms with Gasteiger partial charge < -0.3 is 9.47 Å². The molecule has 0 spiro atoms. The summed E-state index contributed by atoms with van der Waals surface area (Å²) >= 11 is 0. The third kappa shape index (κ3) is 4.90. The van der Waals surface area contributed by atoms with E-state index in [4.69, 9.17) is 14.3 Å². The Morgan fingerprint density at radius 3 is 2.30 bits per heavy atom. The van der Waals surface area contributed by atoms with Crippen LogP contribution in [0.5, 0.6) is 5.75 Å². The molecule has 10 nitrogen and oxygen atoms in total. The van der Waals surface area contributed by atoms with Gasteiger partial charge in [0.2, 0.25) is 6.10 Å². The molecule has 0 fully saturated rings. The molecule has 0 saturated heterocycles. The molecule has 10 heteroatoms. The quantitative estimate of drug-likeness (QED) is 0.399. The number of ether oxygens (including phenoxy) is 2. The number of hydrogen-bond acceptors (Lipinski definition) is 8. The first-order chi connectivity index (χ1) is 15.7. The summed E-state index contributed by atoms with van der Waals surface area (Å²) in [7, 11) is 0. The van der Waals surface area contributed by atoms with E-state index in [1.165, 1.54) is 18.3 Å². The average Bonchev–Trinajstić information content (AvgIpc) is 3.39. The number of pyridine rings is 1. The number of hydrogen-bond donors (Lipinski definition) is 0. The number of carbonyl (C=O) groups excluding carboxylic acids is 3. The first-order valence-corrected chi connectivity index (χ1v) is 10.2. The number of carbonyl (C=O) groups is 3. The molecule has 0 unspecified atom stereocenters. The molecule has 2 aromatic heterocycles. The first kappa shape index (κ1) is 22.2. The van der Waals surface area contributed by atoms with Crippen LogP contribution in [0.2, 0.25) is 0 Å². The van der Waals surface area contributed by atoms with E-state index in [2.05, 4.69) is 9.97 Å². The van der Waals surface area contributed by atoms with E-state index in [0.29, 0.717) is 16.6 Å². The van der Waals surface area contributed by atoms with Crippen LogP contribution >= 0.6 is 0 Å². The zero-order valence-corrected chi connectivity index (χ0v) is 18.3. The topological polar surface area (TPSA) is 113 Å². The van der Waals surface area contributed by atoms with Gasteiger partial charge in [-0.1, -0.05) is 12.1 Å². The number of nitrogens with zero attached hydrogens (tertiary/aromatic N) is 4. The Labute approximate surface area is 189 Å². The lowest BCUT2D eigenvalue weighted by atomic mass is 10.1. The second kappa shape index (κ2) is 8.83. The molecule has 0 saturated carbocycles. The predicted molar refractivity (Wildman–Crippen MR) is 115 cm³/mol. The van der Waals surface area contributed by atoms with Crippen LogP contribution in [-0.2, 0) is 14.4 Å². The summed E-state index contributed by atoms with van der Waals surface area (Å²) in [5.41, 5.74) is -0.411. The number of fused-ring (bicyclic) bond motifs is 1. The van der Waals surface area contributed by atoms with Gasteiger partial charge in [0, 0.05) is 12.4 Å². The van der Waals surface area contributed by atoms with Gasteiger partial charge in [0.15, 0.2) is 0 Å². The standard InChI is InChI=1S/C23H22N4O6/c1-23(2,3)32-22(30)18(33-27-20(28)16-6-4-5-7-17(16)21(27)29)13-31-15-8-9-19(25-12-15)26-11-10-24-14-26/h4-12,14,18H,13H2,1-3H3/t18-/m0/s1. The number of esters is 1. The zero-order valence-electron chi connectivity index (χ0n) is 18.3. The monoisotopic (exact) mass is 450 g/mol. The Balaban J connectivity index is 1.49. The molecule has 4 rings (SSSR count). The molecule has 1 atom stereocenters. The van der Waals surface area contributed by atoms with Crippen LogP contribution in [0.4, 0.5) is 0 Å². The summed E-state index contributed by atoms with van der Waals surface area (Å²) in [5, 5.41) is 0.572. The van der Waals surface area contributed by atoms with Gasteiger partial charge in [-0.3, -0.25) is 14.2 Å². The van der Waals surface area contributed by atoms with E-state index in [1.54, 1.807) is 68.3 Å². The van der Waals surface area contributed by atoms with E-state index >= 15 is 0 Å². The highest BCUT2D eigenvalue weighted by molar-refractivity contribution is 6.20. The number of amides is 2. The fourth-order valence-electron chi connectivity index (χ4n) is 3.08. The molecule has 33 heavy (non-hydrogen) atoms. The highest BCUT2D eigenvalue weighted by Gasteiger charge is 2.40. The van der Waals surface area contributed by atoms with Crippen LogP contribution in [0.3, 0.4) is 0 Å². The lowest BCUT2D eigenvalue weighted by Gasteiger charge is -2.25. The maximum Gasteiger partial charge on any atom is 0.342 e. The third-order valence-electron chi connectivity index (χ3n) is 4.55. The van der Waals surface area contributed by atoms with Crippen LogP contribution in [0.25, 0.3) is 5.82 Å². The van der Waals surface area contributed by atoms with Gasteiger partial charge >= 0.3 is 5.97 Å². The molecule has 170 valence electrons. The first-order valence-electron chi connectivity index (χ1n) is 10.2. The number of rotatable bonds is 7. The third-order valence-corrected chi connectivity index (χ3v) is 4.55. The van der Waals surface area contributed by atoms with Gasteiger partial charge in [0.25, 0.3) is 11.8 Å². The Hall–Kier alpha value is -4.05.